The summed E-state index contributed by atoms with van der Waals surface area (Å²) in [6.07, 6.45) is 0.582. The number of halogens is 3. The fourth-order valence-electron chi connectivity index (χ4n) is 2.69. The first kappa shape index (κ1) is 16.8. The molecule has 1 fully saturated rings. The zero-order chi connectivity index (χ0) is 16.2. The zero-order valence-electron chi connectivity index (χ0n) is 12.2. The summed E-state index contributed by atoms with van der Waals surface area (Å²) in [7, 11) is 0. The summed E-state index contributed by atoms with van der Waals surface area (Å²) < 4.78 is 36.9. The van der Waals surface area contributed by atoms with Crippen molar-refractivity contribution in [1.82, 2.24) is 15.1 Å². The molecule has 22 heavy (non-hydrogen) atoms. The SMILES string of the molecule is O=C(NCCN1CC=CCC1)C1CC(=O)N(CC(F)(F)F)C1. The quantitative estimate of drug-likeness (QED) is 0.762. The molecule has 0 aliphatic carbocycles. The van der Waals surface area contributed by atoms with Gasteiger partial charge in [-0.15, -0.1) is 0 Å². The van der Waals surface area contributed by atoms with Crippen molar-refractivity contribution in [3.63, 3.8) is 0 Å². The smallest absolute Gasteiger partial charge is 0.355 e. The molecule has 1 unspecified atom stereocenters. The molecule has 2 aliphatic heterocycles. The molecule has 1 atom stereocenters. The lowest BCUT2D eigenvalue weighted by Gasteiger charge is -2.23. The van der Waals surface area contributed by atoms with E-state index in [1.54, 1.807) is 0 Å². The Balaban J connectivity index is 1.71. The Hall–Kier alpha value is -1.57. The van der Waals surface area contributed by atoms with Gasteiger partial charge in [-0.05, 0) is 6.42 Å². The van der Waals surface area contributed by atoms with E-state index < -0.39 is 24.5 Å². The molecule has 2 heterocycles. The molecule has 2 aliphatic rings. The summed E-state index contributed by atoms with van der Waals surface area (Å²) in [4.78, 5) is 26.3. The predicted molar refractivity (Wildman–Crippen MR) is 73.9 cm³/mol. The lowest BCUT2D eigenvalue weighted by atomic mass is 10.1. The average Bonchev–Trinajstić information content (AvgIpc) is 2.79. The van der Waals surface area contributed by atoms with Crippen molar-refractivity contribution in [2.24, 2.45) is 5.92 Å². The summed E-state index contributed by atoms with van der Waals surface area (Å²) in [5, 5.41) is 2.71. The zero-order valence-corrected chi connectivity index (χ0v) is 12.2. The number of carbonyl (C=O) groups excluding carboxylic acids is 2. The van der Waals surface area contributed by atoms with E-state index in [2.05, 4.69) is 22.4 Å². The molecular weight excluding hydrogens is 299 g/mol. The summed E-state index contributed by atoms with van der Waals surface area (Å²) in [5.74, 6) is -1.64. The molecule has 124 valence electrons. The van der Waals surface area contributed by atoms with Gasteiger partial charge >= 0.3 is 6.18 Å². The number of nitrogens with one attached hydrogen (secondary N) is 1. The Kier molecular flexibility index (Phi) is 5.44. The van der Waals surface area contributed by atoms with Crippen molar-refractivity contribution >= 4 is 11.8 Å². The second kappa shape index (κ2) is 7.13. The number of likely N-dealkylation sites (tertiary alicyclic amines) is 1. The van der Waals surface area contributed by atoms with Crippen molar-refractivity contribution in [3.8, 4) is 0 Å². The summed E-state index contributed by atoms with van der Waals surface area (Å²) in [6.45, 7) is 1.48. The van der Waals surface area contributed by atoms with Gasteiger partial charge in [0.15, 0.2) is 0 Å². The molecule has 0 aromatic heterocycles. The largest absolute Gasteiger partial charge is 0.406 e. The van der Waals surface area contributed by atoms with Gasteiger partial charge in [-0.25, -0.2) is 0 Å². The summed E-state index contributed by atoms with van der Waals surface area (Å²) >= 11 is 0. The lowest BCUT2D eigenvalue weighted by Crippen LogP contribution is -2.40. The maximum absolute atomic E-state index is 12.3. The number of hydrogen-bond acceptors (Lipinski definition) is 3. The molecule has 0 saturated carbocycles. The van der Waals surface area contributed by atoms with Crippen LogP contribution in [-0.2, 0) is 9.59 Å². The van der Waals surface area contributed by atoms with Gasteiger partial charge in [0.05, 0.1) is 5.92 Å². The van der Waals surface area contributed by atoms with E-state index in [4.69, 9.17) is 0 Å². The highest BCUT2D eigenvalue weighted by atomic mass is 19.4. The fourth-order valence-corrected chi connectivity index (χ4v) is 2.69. The van der Waals surface area contributed by atoms with Crippen molar-refractivity contribution in [2.75, 3.05) is 39.3 Å². The predicted octanol–water partition coefficient (Wildman–Crippen LogP) is 0.775. The molecule has 0 aromatic carbocycles. The Morgan fingerprint density at radius 3 is 2.77 bits per heavy atom. The van der Waals surface area contributed by atoms with E-state index in [9.17, 15) is 22.8 Å². The van der Waals surface area contributed by atoms with E-state index in [-0.39, 0.29) is 18.9 Å². The van der Waals surface area contributed by atoms with Crippen LogP contribution >= 0.6 is 0 Å². The van der Waals surface area contributed by atoms with Crippen molar-refractivity contribution in [2.45, 2.75) is 19.0 Å². The minimum absolute atomic E-state index is 0.144. The average molecular weight is 319 g/mol. The Morgan fingerprint density at radius 1 is 1.36 bits per heavy atom. The number of carbonyl (C=O) groups is 2. The summed E-state index contributed by atoms with van der Waals surface area (Å²) in [6, 6.07) is 0. The highest BCUT2D eigenvalue weighted by molar-refractivity contribution is 5.89. The van der Waals surface area contributed by atoms with Gasteiger partial charge in [0, 0.05) is 39.1 Å². The first-order chi connectivity index (χ1) is 10.3. The maximum Gasteiger partial charge on any atom is 0.406 e. The maximum atomic E-state index is 12.3. The van der Waals surface area contributed by atoms with Gasteiger partial charge in [0.25, 0.3) is 0 Å². The third-order valence-electron chi connectivity index (χ3n) is 3.82. The van der Waals surface area contributed by atoms with Gasteiger partial charge in [0.1, 0.15) is 6.54 Å². The molecule has 1 saturated heterocycles. The van der Waals surface area contributed by atoms with Crippen molar-refractivity contribution in [1.29, 1.82) is 0 Å². The van der Waals surface area contributed by atoms with E-state index >= 15 is 0 Å². The standard InChI is InChI=1S/C14H20F3N3O2/c15-14(16,17)10-20-9-11(8-12(20)21)13(22)18-4-7-19-5-2-1-3-6-19/h1-2,11H,3-10H2,(H,18,22). The Bertz CT molecular complexity index is 451. The van der Waals surface area contributed by atoms with Crippen LogP contribution in [0.2, 0.25) is 0 Å². The first-order valence-corrected chi connectivity index (χ1v) is 7.35. The van der Waals surface area contributed by atoms with Gasteiger partial charge in [-0.2, -0.15) is 13.2 Å². The molecule has 2 amide bonds. The number of alkyl halides is 3. The van der Waals surface area contributed by atoms with Gasteiger partial charge in [0.2, 0.25) is 11.8 Å². The number of nitrogens with zero attached hydrogens (tertiary/aromatic N) is 2. The Morgan fingerprint density at radius 2 is 2.14 bits per heavy atom. The van der Waals surface area contributed by atoms with Gasteiger partial charge in [-0.3, -0.25) is 14.5 Å². The molecule has 0 spiro atoms. The molecule has 0 bridgehead atoms. The van der Waals surface area contributed by atoms with Crippen LogP contribution in [0.15, 0.2) is 12.2 Å². The van der Waals surface area contributed by atoms with Crippen LogP contribution in [0.4, 0.5) is 13.2 Å². The highest BCUT2D eigenvalue weighted by Gasteiger charge is 2.40. The van der Waals surface area contributed by atoms with Crippen molar-refractivity contribution in [3.05, 3.63) is 12.2 Å². The third kappa shape index (κ3) is 5.01. The monoisotopic (exact) mass is 319 g/mol. The number of amides is 2. The first-order valence-electron chi connectivity index (χ1n) is 7.35. The normalized spacial score (nSPS) is 23.1. The molecule has 1 N–H and O–H groups in total. The van der Waals surface area contributed by atoms with Crippen LogP contribution < -0.4 is 5.32 Å². The van der Waals surface area contributed by atoms with Crippen molar-refractivity contribution < 1.29 is 22.8 Å². The van der Waals surface area contributed by atoms with E-state index in [0.717, 1.165) is 19.5 Å². The van der Waals surface area contributed by atoms with Crippen LogP contribution in [0.1, 0.15) is 12.8 Å². The van der Waals surface area contributed by atoms with Crippen LogP contribution in [0, 0.1) is 5.92 Å². The molecule has 0 aromatic rings. The van der Waals surface area contributed by atoms with E-state index in [0.29, 0.717) is 18.0 Å². The highest BCUT2D eigenvalue weighted by Crippen LogP contribution is 2.23. The minimum atomic E-state index is -4.43. The molecular formula is C14H20F3N3O2. The lowest BCUT2D eigenvalue weighted by molar-refractivity contribution is -0.157. The topological polar surface area (TPSA) is 52.7 Å². The molecule has 5 nitrogen and oxygen atoms in total. The number of hydrogen-bond donors (Lipinski definition) is 1. The van der Waals surface area contributed by atoms with Gasteiger partial charge < -0.3 is 10.2 Å². The number of rotatable bonds is 5. The fraction of sp³-hybridized carbons (Fsp3) is 0.714. The van der Waals surface area contributed by atoms with Crippen LogP contribution in [0.3, 0.4) is 0 Å². The van der Waals surface area contributed by atoms with Crippen LogP contribution in [-0.4, -0.2) is 67.1 Å². The van der Waals surface area contributed by atoms with Crippen LogP contribution in [0.25, 0.3) is 0 Å². The minimum Gasteiger partial charge on any atom is -0.355 e. The second-order valence-electron chi connectivity index (χ2n) is 5.64. The molecule has 2 rings (SSSR count). The Labute approximate surface area is 127 Å². The van der Waals surface area contributed by atoms with Gasteiger partial charge in [-0.1, -0.05) is 12.2 Å². The molecule has 8 heteroatoms. The molecule has 0 radical (unpaired) electrons. The van der Waals surface area contributed by atoms with Crippen LogP contribution in [0.5, 0.6) is 0 Å². The van der Waals surface area contributed by atoms with E-state index in [1.807, 2.05) is 0 Å². The van der Waals surface area contributed by atoms with E-state index in [1.165, 1.54) is 0 Å². The summed E-state index contributed by atoms with van der Waals surface area (Å²) in [5.41, 5.74) is 0. The second-order valence-corrected chi connectivity index (χ2v) is 5.64. The third-order valence-corrected chi connectivity index (χ3v) is 3.82.